The van der Waals surface area contributed by atoms with Gasteiger partial charge >= 0.3 is 0 Å². The van der Waals surface area contributed by atoms with E-state index in [4.69, 9.17) is 0 Å². The van der Waals surface area contributed by atoms with Gasteiger partial charge in [0.05, 0.1) is 0 Å². The van der Waals surface area contributed by atoms with Crippen LogP contribution >= 0.6 is 18.1 Å². The van der Waals surface area contributed by atoms with Gasteiger partial charge in [-0.25, -0.2) is 0 Å². The predicted octanol–water partition coefficient (Wildman–Crippen LogP) is 3.50. The molecule has 0 radical (unpaired) electrons. The molecule has 0 bridgehead atoms. The fourth-order valence-electron chi connectivity index (χ4n) is 0.719. The fourth-order valence-corrected chi connectivity index (χ4v) is 1.22. The van der Waals surface area contributed by atoms with Crippen molar-refractivity contribution in [3.63, 3.8) is 0 Å². The Bertz CT molecular complexity index is 251. The van der Waals surface area contributed by atoms with Gasteiger partial charge in [-0.15, -0.1) is 0 Å². The molecule has 1 nitrogen and oxygen atoms in total. The van der Waals surface area contributed by atoms with Crippen molar-refractivity contribution in [3.8, 4) is 0 Å². The molecule has 1 unspecified atom stereocenters. The van der Waals surface area contributed by atoms with Crippen LogP contribution < -0.4 is 5.32 Å². The molecule has 0 fully saturated rings. The summed E-state index contributed by atoms with van der Waals surface area (Å²) in [6.45, 7) is 0. The smallest absolute Gasteiger partial charge is 0.000442 e. The van der Waals surface area contributed by atoms with Crippen LogP contribution in [0.4, 0.5) is 0 Å². The highest BCUT2D eigenvalue weighted by molar-refractivity contribution is 7.28. The number of hydrogen-bond acceptors (Lipinski definition) is 1. The zero-order chi connectivity index (χ0) is 9.19. The van der Waals surface area contributed by atoms with Crippen LogP contribution in [-0.4, -0.2) is 0 Å². The van der Waals surface area contributed by atoms with E-state index in [2.05, 4.69) is 16.9 Å². The minimum Gasteiger partial charge on any atom is -0.368 e. The summed E-state index contributed by atoms with van der Waals surface area (Å²) in [4.78, 5) is 0. The maximum atomic E-state index is 2.92. The van der Waals surface area contributed by atoms with Crippen LogP contribution in [0.5, 0.6) is 0 Å². The van der Waals surface area contributed by atoms with Crippen molar-refractivity contribution >= 4 is 18.1 Å². The van der Waals surface area contributed by atoms with Gasteiger partial charge in [-0.2, -0.15) is 9.90 Å². The van der Waals surface area contributed by atoms with Gasteiger partial charge in [0.25, 0.3) is 0 Å². The summed E-state index contributed by atoms with van der Waals surface area (Å²) in [7, 11) is 1.31. The van der Waals surface area contributed by atoms with E-state index in [-0.39, 0.29) is 9.90 Å². The molecule has 1 N–H and O–H groups in total. The van der Waals surface area contributed by atoms with E-state index in [0.29, 0.717) is 0 Å². The average Bonchev–Trinajstić information content (AvgIpc) is 2.53. The van der Waals surface area contributed by atoms with Crippen LogP contribution in [0.1, 0.15) is 0 Å². The van der Waals surface area contributed by atoms with Crippen molar-refractivity contribution in [2.45, 2.75) is 0 Å². The topological polar surface area (TPSA) is 12.0 Å². The standard InChI is InChI=1S/C6H7N.C5H5P.H3P/c1-2-4-6-7-5-3-1;1-2-4-6-5-3-1;/h1-7H;1-5H;1H3. The third-order valence-electron chi connectivity index (χ3n) is 1.28. The minimum atomic E-state index is 0. The first-order chi connectivity index (χ1) is 6.50. The molecule has 1 aromatic heterocycles. The summed E-state index contributed by atoms with van der Waals surface area (Å²) in [5, 5.41) is 2.92. The molecule has 0 amide bonds. The molecule has 0 saturated heterocycles. The normalized spacial score (nSPS) is 11.4. The highest BCUT2D eigenvalue weighted by atomic mass is 31.0. The van der Waals surface area contributed by atoms with E-state index in [1.807, 2.05) is 54.9 Å². The molecule has 1 aliphatic rings. The Hall–Kier alpha value is -0.900. The second-order valence-corrected chi connectivity index (χ2v) is 3.19. The molecule has 74 valence electrons. The van der Waals surface area contributed by atoms with Gasteiger partial charge in [0.1, 0.15) is 0 Å². The first-order valence-electron chi connectivity index (χ1n) is 4.09. The third kappa shape index (κ3) is 7.73. The van der Waals surface area contributed by atoms with E-state index in [9.17, 15) is 0 Å². The lowest BCUT2D eigenvalue weighted by Crippen LogP contribution is -1.87. The van der Waals surface area contributed by atoms with Gasteiger partial charge in [-0.05, 0) is 23.7 Å². The molecular formula is C11H15NP2. The summed E-state index contributed by atoms with van der Waals surface area (Å²) in [6.07, 6.45) is 11.6. The Labute approximate surface area is 90.4 Å². The Balaban J connectivity index is 0.000000227. The van der Waals surface area contributed by atoms with E-state index in [0.717, 1.165) is 0 Å². The molecule has 0 spiro atoms. The zero-order valence-electron chi connectivity index (χ0n) is 8.01. The van der Waals surface area contributed by atoms with Crippen molar-refractivity contribution < 1.29 is 0 Å². The molecule has 2 heterocycles. The van der Waals surface area contributed by atoms with E-state index < -0.39 is 0 Å². The quantitative estimate of drug-likeness (QED) is 0.664. The van der Waals surface area contributed by atoms with Crippen LogP contribution in [-0.2, 0) is 0 Å². The lowest BCUT2D eigenvalue weighted by atomic mass is 10.5. The van der Waals surface area contributed by atoms with Gasteiger partial charge in [0.2, 0.25) is 0 Å². The molecule has 3 heteroatoms. The van der Waals surface area contributed by atoms with E-state index in [1.54, 1.807) is 0 Å². The molecule has 2 rings (SSSR count). The molecule has 1 aliphatic heterocycles. The van der Waals surface area contributed by atoms with Crippen LogP contribution in [0.15, 0.2) is 66.5 Å². The van der Waals surface area contributed by atoms with E-state index >= 15 is 0 Å². The largest absolute Gasteiger partial charge is 0.368 e. The van der Waals surface area contributed by atoms with E-state index in [1.165, 1.54) is 8.19 Å². The molecule has 14 heavy (non-hydrogen) atoms. The summed E-state index contributed by atoms with van der Waals surface area (Å²) in [5.41, 5.74) is 0. The third-order valence-corrected chi connectivity index (χ3v) is 1.97. The van der Waals surface area contributed by atoms with Gasteiger partial charge in [-0.3, -0.25) is 0 Å². The Morgan fingerprint density at radius 3 is 1.64 bits per heavy atom. The second kappa shape index (κ2) is 10.2. The predicted molar refractivity (Wildman–Crippen MR) is 70.6 cm³/mol. The van der Waals surface area contributed by atoms with Crippen LogP contribution in [0.3, 0.4) is 0 Å². The lowest BCUT2D eigenvalue weighted by Gasteiger charge is -1.79. The lowest BCUT2D eigenvalue weighted by molar-refractivity contribution is 1.20. The molecule has 1 aromatic rings. The van der Waals surface area contributed by atoms with Crippen LogP contribution in [0.25, 0.3) is 0 Å². The Morgan fingerprint density at radius 2 is 1.29 bits per heavy atom. The SMILES string of the molecule is C1=CC=CNC=C1.P.c1ccpcc1. The zero-order valence-corrected chi connectivity index (χ0v) is 10.3. The molecule has 0 aliphatic carbocycles. The van der Waals surface area contributed by atoms with Crippen molar-refractivity contribution in [2.24, 2.45) is 0 Å². The first kappa shape index (κ1) is 13.1. The van der Waals surface area contributed by atoms with Gasteiger partial charge < -0.3 is 5.32 Å². The van der Waals surface area contributed by atoms with Gasteiger partial charge in [0.15, 0.2) is 0 Å². The summed E-state index contributed by atoms with van der Waals surface area (Å²) < 4.78 is 0. The maximum Gasteiger partial charge on any atom is 0.000442 e. The molecule has 1 atom stereocenters. The van der Waals surface area contributed by atoms with Gasteiger partial charge in [0, 0.05) is 12.4 Å². The van der Waals surface area contributed by atoms with Crippen LogP contribution in [0.2, 0.25) is 0 Å². The Morgan fingerprint density at radius 1 is 0.714 bits per heavy atom. The van der Waals surface area contributed by atoms with Crippen molar-refractivity contribution in [3.05, 3.63) is 66.5 Å². The minimum absolute atomic E-state index is 0. The number of hydrogen-bond donors (Lipinski definition) is 1. The second-order valence-electron chi connectivity index (χ2n) is 2.29. The summed E-state index contributed by atoms with van der Waals surface area (Å²) >= 11 is 0. The van der Waals surface area contributed by atoms with Crippen LogP contribution in [0, 0.1) is 0 Å². The molecule has 0 saturated carbocycles. The average molecular weight is 223 g/mol. The first-order valence-corrected chi connectivity index (χ1v) is 5.13. The highest BCUT2D eigenvalue weighted by Gasteiger charge is 1.67. The van der Waals surface area contributed by atoms with Crippen molar-refractivity contribution in [1.82, 2.24) is 5.32 Å². The summed E-state index contributed by atoms with van der Waals surface area (Å²) in [5.74, 6) is 4.19. The number of nitrogens with one attached hydrogen (secondary N) is 1. The monoisotopic (exact) mass is 223 g/mol. The van der Waals surface area contributed by atoms with Crippen molar-refractivity contribution in [2.75, 3.05) is 0 Å². The van der Waals surface area contributed by atoms with Crippen molar-refractivity contribution in [1.29, 1.82) is 0 Å². The highest BCUT2D eigenvalue weighted by Crippen LogP contribution is 1.98. The fraction of sp³-hybridized carbons (Fsp3) is 0. The van der Waals surface area contributed by atoms with Gasteiger partial charge in [-0.1, -0.05) is 38.5 Å². The molecule has 0 aromatic carbocycles. The number of allylic oxidation sites excluding steroid dienone is 4. The summed E-state index contributed by atoms with van der Waals surface area (Å²) in [6, 6.07) is 6.11. The molecular weight excluding hydrogens is 208 g/mol. The number of rotatable bonds is 0. The maximum absolute atomic E-state index is 2.92. The Kier molecular flexibility index (Phi) is 9.53.